The number of aromatic nitrogens is 3. The zero-order chi connectivity index (χ0) is 29.7. The Hall–Kier alpha value is -6.06. The minimum absolute atomic E-state index is 0.714. The second-order valence-electron chi connectivity index (χ2n) is 11.4. The van der Waals surface area contributed by atoms with Gasteiger partial charge in [0.25, 0.3) is 0 Å². The Labute approximate surface area is 260 Å². The molecule has 0 amide bonds. The zero-order valence-corrected chi connectivity index (χ0v) is 24.4. The van der Waals surface area contributed by atoms with E-state index in [2.05, 4.69) is 156 Å². The van der Waals surface area contributed by atoms with Gasteiger partial charge in [0.1, 0.15) is 0 Å². The zero-order valence-electron chi connectivity index (χ0n) is 24.4. The molecule has 0 fully saturated rings. The van der Waals surface area contributed by atoms with Gasteiger partial charge in [0.2, 0.25) is 0 Å². The Kier molecular flexibility index (Phi) is 5.82. The maximum Gasteiger partial charge on any atom is 0.161 e. The van der Waals surface area contributed by atoms with Gasteiger partial charge in [-0.2, -0.15) is 0 Å². The van der Waals surface area contributed by atoms with Crippen molar-refractivity contribution in [1.82, 2.24) is 14.5 Å². The average molecular weight is 574 g/mol. The van der Waals surface area contributed by atoms with Crippen LogP contribution in [-0.4, -0.2) is 14.5 Å². The van der Waals surface area contributed by atoms with E-state index >= 15 is 0 Å². The molecule has 0 aliphatic carbocycles. The van der Waals surface area contributed by atoms with E-state index in [1.54, 1.807) is 0 Å². The van der Waals surface area contributed by atoms with E-state index in [9.17, 15) is 0 Å². The van der Waals surface area contributed by atoms with Gasteiger partial charge < -0.3 is 4.57 Å². The molecule has 9 aromatic rings. The number of rotatable bonds is 4. The second kappa shape index (κ2) is 10.3. The summed E-state index contributed by atoms with van der Waals surface area (Å²) in [6, 6.07) is 57.8. The van der Waals surface area contributed by atoms with E-state index in [1.165, 1.54) is 32.6 Å². The predicted octanol–water partition coefficient (Wildman–Crippen LogP) is 10.9. The summed E-state index contributed by atoms with van der Waals surface area (Å²) in [5.41, 5.74) is 8.45. The first kappa shape index (κ1) is 25.4. The smallest absolute Gasteiger partial charge is 0.161 e. The Morgan fingerprint density at radius 1 is 0.400 bits per heavy atom. The normalized spacial score (nSPS) is 11.6. The van der Waals surface area contributed by atoms with E-state index in [4.69, 9.17) is 9.97 Å². The molecule has 9 rings (SSSR count). The van der Waals surface area contributed by atoms with Crippen LogP contribution in [0.4, 0.5) is 0 Å². The number of para-hydroxylation sites is 1. The molecule has 0 aliphatic heterocycles. The monoisotopic (exact) mass is 573 g/mol. The fraction of sp³-hybridized carbons (Fsp3) is 0. The largest absolute Gasteiger partial charge is 0.309 e. The second-order valence-corrected chi connectivity index (χ2v) is 11.4. The molecule has 0 unspecified atom stereocenters. The van der Waals surface area contributed by atoms with E-state index in [0.717, 1.165) is 44.5 Å². The number of nitrogens with zero attached hydrogens (tertiary/aromatic N) is 3. The lowest BCUT2D eigenvalue weighted by Gasteiger charge is -2.13. The Bertz CT molecular complexity index is 2470. The SMILES string of the molecule is c1ccc(-c2cc(-c3ccccc3)nc(-c3cccc4ccc(-n5c6ccccc6c6c7ccccc7ccc65)cc34)n2)cc1. The van der Waals surface area contributed by atoms with E-state index in [0.29, 0.717) is 5.82 Å². The van der Waals surface area contributed by atoms with Crippen molar-refractivity contribution < 1.29 is 0 Å². The highest BCUT2D eigenvalue weighted by atomic mass is 15.0. The van der Waals surface area contributed by atoms with Gasteiger partial charge in [-0.3, -0.25) is 0 Å². The molecule has 0 bridgehead atoms. The quantitative estimate of drug-likeness (QED) is 0.210. The standard InChI is InChI=1S/C42H27N3/c1-3-13-30(14-4-1)37-27-38(31-15-5-2-6-16-31)44-42(43-37)34-20-11-17-29-22-24-32(26-36(29)34)45-39-21-10-9-19-35(39)41-33-18-8-7-12-28(33)23-25-40(41)45/h1-27H. The van der Waals surface area contributed by atoms with Gasteiger partial charge in [-0.05, 0) is 51.9 Å². The first-order chi connectivity index (χ1) is 22.3. The Morgan fingerprint density at radius 3 is 1.76 bits per heavy atom. The van der Waals surface area contributed by atoms with Crippen LogP contribution in [0.15, 0.2) is 164 Å². The summed E-state index contributed by atoms with van der Waals surface area (Å²) in [6.07, 6.45) is 0. The van der Waals surface area contributed by atoms with Crippen LogP contribution < -0.4 is 0 Å². The molecule has 7 aromatic carbocycles. The van der Waals surface area contributed by atoms with Crippen LogP contribution in [0.3, 0.4) is 0 Å². The third-order valence-electron chi connectivity index (χ3n) is 8.79. The summed E-state index contributed by atoms with van der Waals surface area (Å²) in [5, 5.41) is 7.32. The summed E-state index contributed by atoms with van der Waals surface area (Å²) in [5.74, 6) is 0.714. The first-order valence-corrected chi connectivity index (χ1v) is 15.3. The molecule has 3 heteroatoms. The molecular weight excluding hydrogens is 546 g/mol. The lowest BCUT2D eigenvalue weighted by Crippen LogP contribution is -1.98. The van der Waals surface area contributed by atoms with Crippen LogP contribution in [-0.2, 0) is 0 Å². The van der Waals surface area contributed by atoms with E-state index in [-0.39, 0.29) is 0 Å². The van der Waals surface area contributed by atoms with Crippen LogP contribution in [0.2, 0.25) is 0 Å². The molecular formula is C42H27N3. The van der Waals surface area contributed by atoms with Crippen molar-refractivity contribution in [3.63, 3.8) is 0 Å². The van der Waals surface area contributed by atoms with Crippen LogP contribution >= 0.6 is 0 Å². The van der Waals surface area contributed by atoms with Crippen molar-refractivity contribution in [1.29, 1.82) is 0 Å². The van der Waals surface area contributed by atoms with Crippen molar-refractivity contribution in [2.24, 2.45) is 0 Å². The molecule has 0 saturated carbocycles. The summed E-state index contributed by atoms with van der Waals surface area (Å²) in [7, 11) is 0. The van der Waals surface area contributed by atoms with Gasteiger partial charge >= 0.3 is 0 Å². The van der Waals surface area contributed by atoms with E-state index < -0.39 is 0 Å². The molecule has 210 valence electrons. The summed E-state index contributed by atoms with van der Waals surface area (Å²) in [6.45, 7) is 0. The number of hydrogen-bond donors (Lipinski definition) is 0. The molecule has 0 atom stereocenters. The Balaban J connectivity index is 1.30. The molecule has 3 nitrogen and oxygen atoms in total. The van der Waals surface area contributed by atoms with Crippen LogP contribution in [0.1, 0.15) is 0 Å². The number of fused-ring (bicyclic) bond motifs is 6. The van der Waals surface area contributed by atoms with Gasteiger partial charge in [0.15, 0.2) is 5.82 Å². The van der Waals surface area contributed by atoms with Gasteiger partial charge in [-0.25, -0.2) is 9.97 Å². The fourth-order valence-electron chi connectivity index (χ4n) is 6.69. The topological polar surface area (TPSA) is 30.7 Å². The third kappa shape index (κ3) is 4.21. The van der Waals surface area contributed by atoms with E-state index in [1.807, 2.05) is 12.1 Å². The molecule has 0 spiro atoms. The highest BCUT2D eigenvalue weighted by Gasteiger charge is 2.17. The molecule has 2 aromatic heterocycles. The van der Waals surface area contributed by atoms with Gasteiger partial charge in [-0.1, -0.05) is 133 Å². The first-order valence-electron chi connectivity index (χ1n) is 15.3. The van der Waals surface area contributed by atoms with Crippen molar-refractivity contribution in [2.45, 2.75) is 0 Å². The minimum atomic E-state index is 0.714. The van der Waals surface area contributed by atoms with Crippen molar-refractivity contribution in [3.8, 4) is 39.6 Å². The molecule has 0 aliphatic rings. The van der Waals surface area contributed by atoms with Crippen molar-refractivity contribution in [2.75, 3.05) is 0 Å². The van der Waals surface area contributed by atoms with Crippen LogP contribution in [0.5, 0.6) is 0 Å². The van der Waals surface area contributed by atoms with Crippen LogP contribution in [0.25, 0.3) is 82.9 Å². The molecule has 0 N–H and O–H groups in total. The average Bonchev–Trinajstić information content (AvgIpc) is 3.46. The lowest BCUT2D eigenvalue weighted by molar-refractivity contribution is 1.18. The summed E-state index contributed by atoms with van der Waals surface area (Å²) in [4.78, 5) is 10.3. The van der Waals surface area contributed by atoms with Crippen LogP contribution in [0, 0.1) is 0 Å². The van der Waals surface area contributed by atoms with Gasteiger partial charge in [-0.15, -0.1) is 0 Å². The maximum absolute atomic E-state index is 5.16. The highest BCUT2D eigenvalue weighted by molar-refractivity contribution is 6.21. The maximum atomic E-state index is 5.16. The molecule has 2 heterocycles. The molecule has 0 saturated heterocycles. The minimum Gasteiger partial charge on any atom is -0.309 e. The predicted molar refractivity (Wildman–Crippen MR) is 188 cm³/mol. The van der Waals surface area contributed by atoms with Crippen molar-refractivity contribution in [3.05, 3.63) is 164 Å². The molecule has 0 radical (unpaired) electrons. The van der Waals surface area contributed by atoms with Gasteiger partial charge in [0, 0.05) is 33.2 Å². The highest BCUT2D eigenvalue weighted by Crippen LogP contribution is 2.38. The van der Waals surface area contributed by atoms with Crippen molar-refractivity contribution >= 4 is 43.4 Å². The van der Waals surface area contributed by atoms with Gasteiger partial charge in [0.05, 0.1) is 22.4 Å². The fourth-order valence-corrected chi connectivity index (χ4v) is 6.69. The third-order valence-corrected chi connectivity index (χ3v) is 8.79. The molecule has 45 heavy (non-hydrogen) atoms. The number of benzene rings is 7. The lowest BCUT2D eigenvalue weighted by atomic mass is 10.0. The Morgan fingerprint density at radius 2 is 1.00 bits per heavy atom. The number of hydrogen-bond acceptors (Lipinski definition) is 2. The summed E-state index contributed by atoms with van der Waals surface area (Å²) >= 11 is 0. The summed E-state index contributed by atoms with van der Waals surface area (Å²) < 4.78 is 2.39.